The molecular weight excluding hydrogens is 414 g/mol. The number of aryl methyl sites for hydroxylation is 1. The number of benzene rings is 3. The molecule has 1 aromatic heterocycles. The number of hydrogen-bond acceptors (Lipinski definition) is 4. The van der Waals surface area contributed by atoms with Crippen molar-refractivity contribution >= 4 is 22.9 Å². The number of pyridine rings is 1. The van der Waals surface area contributed by atoms with Crippen molar-refractivity contribution in [2.75, 3.05) is 6.61 Å². The molecule has 1 N–H and O–H groups in total. The van der Waals surface area contributed by atoms with Gasteiger partial charge in [0.1, 0.15) is 11.3 Å². The lowest BCUT2D eigenvalue weighted by Gasteiger charge is -2.10. The Morgan fingerprint density at radius 1 is 1.06 bits per heavy atom. The van der Waals surface area contributed by atoms with Crippen LogP contribution in [0.25, 0.3) is 10.8 Å². The van der Waals surface area contributed by atoms with E-state index in [9.17, 15) is 9.59 Å². The maximum Gasteiger partial charge on any atom is 0.276 e. The van der Waals surface area contributed by atoms with Gasteiger partial charge in [0.25, 0.3) is 11.5 Å². The Bertz CT molecular complexity index is 1390. The Hall–Kier alpha value is -4.19. The van der Waals surface area contributed by atoms with E-state index in [1.165, 1.54) is 10.6 Å². The van der Waals surface area contributed by atoms with Crippen LogP contribution in [-0.4, -0.2) is 23.3 Å². The zero-order valence-corrected chi connectivity index (χ0v) is 18.6. The van der Waals surface area contributed by atoms with E-state index < -0.39 is 5.91 Å². The van der Waals surface area contributed by atoms with Gasteiger partial charge in [0.2, 0.25) is 0 Å². The fourth-order valence-corrected chi connectivity index (χ4v) is 3.75. The smallest absolute Gasteiger partial charge is 0.276 e. The zero-order valence-electron chi connectivity index (χ0n) is 18.6. The topological polar surface area (TPSA) is 72.7 Å². The minimum absolute atomic E-state index is 0.0326. The molecule has 0 saturated carbocycles. The average Bonchev–Trinajstić information content (AvgIpc) is 2.81. The van der Waals surface area contributed by atoms with Gasteiger partial charge >= 0.3 is 0 Å². The molecule has 0 bridgehead atoms. The van der Waals surface area contributed by atoms with Gasteiger partial charge < -0.3 is 9.30 Å². The molecule has 0 aliphatic carbocycles. The molecule has 6 nitrogen and oxygen atoms in total. The Kier molecular flexibility index (Phi) is 6.64. The van der Waals surface area contributed by atoms with Gasteiger partial charge in [-0.2, -0.15) is 5.10 Å². The predicted molar refractivity (Wildman–Crippen MR) is 131 cm³/mol. The molecular formula is C27H25N3O3. The minimum Gasteiger partial charge on any atom is -0.493 e. The molecule has 0 aliphatic heterocycles. The first kappa shape index (κ1) is 22.0. The summed E-state index contributed by atoms with van der Waals surface area (Å²) in [4.78, 5) is 25.6. The van der Waals surface area contributed by atoms with Crippen LogP contribution in [0.15, 0.2) is 88.9 Å². The summed E-state index contributed by atoms with van der Waals surface area (Å²) >= 11 is 0. The molecule has 0 atom stereocenters. The van der Waals surface area contributed by atoms with E-state index in [0.29, 0.717) is 18.9 Å². The first-order valence-electron chi connectivity index (χ1n) is 10.8. The number of hydrazone groups is 1. The minimum atomic E-state index is -0.562. The first-order chi connectivity index (χ1) is 16.1. The predicted octanol–water partition coefficient (Wildman–Crippen LogP) is 4.52. The molecule has 0 unspecified atom stereocenters. The monoisotopic (exact) mass is 439 g/mol. The molecule has 1 heterocycles. The molecule has 33 heavy (non-hydrogen) atoms. The van der Waals surface area contributed by atoms with E-state index in [-0.39, 0.29) is 11.1 Å². The molecule has 0 aliphatic rings. The first-order valence-corrected chi connectivity index (χ1v) is 10.8. The Labute approximate surface area is 192 Å². The standard InChI is InChI=1S/C27H25N3O3/c1-3-33-25-14-13-21-10-4-5-11-22(21)24(25)17-28-29-26(31)23-12-7-15-30(27(23)32)18-20-9-6-8-19(2)16-20/h4-17H,3,18H2,1-2H3,(H,29,31)/b28-17-. The van der Waals surface area contributed by atoms with Crippen molar-refractivity contribution in [3.8, 4) is 5.75 Å². The van der Waals surface area contributed by atoms with Gasteiger partial charge in [-0.3, -0.25) is 9.59 Å². The number of nitrogens with one attached hydrogen (secondary N) is 1. The quantitative estimate of drug-likeness (QED) is 0.340. The van der Waals surface area contributed by atoms with Crippen LogP contribution in [0.2, 0.25) is 0 Å². The second-order valence-corrected chi connectivity index (χ2v) is 7.67. The highest BCUT2D eigenvalue weighted by Gasteiger charge is 2.12. The molecule has 0 radical (unpaired) electrons. The molecule has 0 saturated heterocycles. The van der Waals surface area contributed by atoms with Crippen LogP contribution in [-0.2, 0) is 6.54 Å². The Balaban J connectivity index is 1.56. The molecule has 1 amide bonds. The summed E-state index contributed by atoms with van der Waals surface area (Å²) in [6, 6.07) is 22.9. The number of hydrogen-bond donors (Lipinski definition) is 1. The summed E-state index contributed by atoms with van der Waals surface area (Å²) in [5, 5.41) is 6.12. The van der Waals surface area contributed by atoms with Crippen molar-refractivity contribution in [1.29, 1.82) is 0 Å². The lowest BCUT2D eigenvalue weighted by Crippen LogP contribution is -2.30. The largest absolute Gasteiger partial charge is 0.493 e. The third-order valence-electron chi connectivity index (χ3n) is 5.29. The SMILES string of the molecule is CCOc1ccc2ccccc2c1/C=N\NC(=O)c1cccn(Cc2cccc(C)c2)c1=O. The third-order valence-corrected chi connectivity index (χ3v) is 5.29. The van der Waals surface area contributed by atoms with E-state index in [0.717, 1.165) is 27.5 Å². The molecule has 6 heteroatoms. The molecule has 3 aromatic carbocycles. The third kappa shape index (κ3) is 5.01. The summed E-state index contributed by atoms with van der Waals surface area (Å²) in [7, 11) is 0. The summed E-state index contributed by atoms with van der Waals surface area (Å²) < 4.78 is 7.25. The lowest BCUT2D eigenvalue weighted by molar-refractivity contribution is 0.0953. The Morgan fingerprint density at radius 3 is 2.73 bits per heavy atom. The van der Waals surface area contributed by atoms with Crippen LogP contribution < -0.4 is 15.7 Å². The zero-order chi connectivity index (χ0) is 23.2. The number of aromatic nitrogens is 1. The van der Waals surface area contributed by atoms with Gasteiger partial charge in [-0.15, -0.1) is 0 Å². The molecule has 166 valence electrons. The van der Waals surface area contributed by atoms with Crippen molar-refractivity contribution in [2.24, 2.45) is 5.10 Å². The summed E-state index contributed by atoms with van der Waals surface area (Å²) in [5.41, 5.74) is 5.02. The van der Waals surface area contributed by atoms with Crippen LogP contribution in [0.4, 0.5) is 0 Å². The number of carbonyl (C=O) groups is 1. The molecule has 4 aromatic rings. The molecule has 4 rings (SSSR count). The second kappa shape index (κ2) is 9.96. The van der Waals surface area contributed by atoms with Gasteiger partial charge in [-0.1, -0.05) is 60.2 Å². The van der Waals surface area contributed by atoms with E-state index in [2.05, 4.69) is 10.5 Å². The van der Waals surface area contributed by atoms with Crippen LogP contribution in [0, 0.1) is 6.92 Å². The van der Waals surface area contributed by atoms with Gasteiger partial charge in [-0.25, -0.2) is 5.43 Å². The van der Waals surface area contributed by atoms with E-state index in [4.69, 9.17) is 4.74 Å². The molecule has 0 fully saturated rings. The normalized spacial score (nSPS) is 11.1. The van der Waals surface area contributed by atoms with Crippen LogP contribution >= 0.6 is 0 Å². The van der Waals surface area contributed by atoms with E-state index in [1.807, 2.05) is 74.5 Å². The van der Waals surface area contributed by atoms with Gasteiger partial charge in [-0.05, 0) is 48.4 Å². The van der Waals surface area contributed by atoms with Crippen molar-refractivity contribution < 1.29 is 9.53 Å². The van der Waals surface area contributed by atoms with Crippen LogP contribution in [0.5, 0.6) is 5.75 Å². The van der Waals surface area contributed by atoms with Crippen molar-refractivity contribution in [3.05, 3.63) is 112 Å². The maximum absolute atomic E-state index is 12.9. The highest BCUT2D eigenvalue weighted by atomic mass is 16.5. The number of fused-ring (bicyclic) bond motifs is 1. The number of ether oxygens (including phenoxy) is 1. The fourth-order valence-electron chi connectivity index (χ4n) is 3.75. The highest BCUT2D eigenvalue weighted by Crippen LogP contribution is 2.26. The number of amides is 1. The number of nitrogens with zero attached hydrogens (tertiary/aromatic N) is 2. The van der Waals surface area contributed by atoms with Crippen molar-refractivity contribution in [1.82, 2.24) is 9.99 Å². The van der Waals surface area contributed by atoms with E-state index in [1.54, 1.807) is 18.5 Å². The van der Waals surface area contributed by atoms with Crippen LogP contribution in [0.1, 0.15) is 34.0 Å². The fraction of sp³-hybridized carbons (Fsp3) is 0.148. The highest BCUT2D eigenvalue weighted by molar-refractivity contribution is 6.03. The molecule has 0 spiro atoms. The summed E-state index contributed by atoms with van der Waals surface area (Å²) in [6.45, 7) is 4.81. The summed E-state index contributed by atoms with van der Waals surface area (Å²) in [6.07, 6.45) is 3.23. The lowest BCUT2D eigenvalue weighted by atomic mass is 10.0. The van der Waals surface area contributed by atoms with Gasteiger partial charge in [0.15, 0.2) is 0 Å². The number of rotatable bonds is 7. The maximum atomic E-state index is 12.9. The average molecular weight is 440 g/mol. The summed E-state index contributed by atoms with van der Waals surface area (Å²) in [5.74, 6) is 0.113. The Morgan fingerprint density at radius 2 is 1.91 bits per heavy atom. The van der Waals surface area contributed by atoms with Crippen LogP contribution in [0.3, 0.4) is 0 Å². The van der Waals surface area contributed by atoms with Crippen molar-refractivity contribution in [2.45, 2.75) is 20.4 Å². The second-order valence-electron chi connectivity index (χ2n) is 7.67. The van der Waals surface area contributed by atoms with Crippen molar-refractivity contribution in [3.63, 3.8) is 0 Å². The van der Waals surface area contributed by atoms with Gasteiger partial charge in [0, 0.05) is 11.8 Å². The van der Waals surface area contributed by atoms with E-state index >= 15 is 0 Å². The number of carbonyl (C=O) groups excluding carboxylic acids is 1. The van der Waals surface area contributed by atoms with Gasteiger partial charge in [0.05, 0.1) is 19.4 Å².